The number of carbonyl (C=O) groups is 1. The van der Waals surface area contributed by atoms with Gasteiger partial charge >= 0.3 is 0 Å². The number of carbonyl (C=O) groups excluding carboxylic acids is 1. The Bertz CT molecular complexity index is 1430. The molecule has 7 rings (SSSR count). The lowest BCUT2D eigenvalue weighted by molar-refractivity contribution is -0.130. The van der Waals surface area contributed by atoms with E-state index in [9.17, 15) is 4.79 Å². The van der Waals surface area contributed by atoms with Gasteiger partial charge in [0.2, 0.25) is 5.91 Å². The highest BCUT2D eigenvalue weighted by Gasteiger charge is 2.44. The third-order valence-electron chi connectivity index (χ3n) is 8.11. The summed E-state index contributed by atoms with van der Waals surface area (Å²) in [4.78, 5) is 27.2. The second kappa shape index (κ2) is 8.56. The minimum absolute atomic E-state index is 0.147. The number of imidazole rings is 1. The van der Waals surface area contributed by atoms with E-state index >= 15 is 0 Å². The topological polar surface area (TPSA) is 104 Å². The van der Waals surface area contributed by atoms with Gasteiger partial charge in [0.15, 0.2) is 11.5 Å². The molecular weight excluding hydrogens is 456 g/mol. The summed E-state index contributed by atoms with van der Waals surface area (Å²) in [7, 11) is 0. The predicted octanol–water partition coefficient (Wildman–Crippen LogP) is 2.21. The van der Waals surface area contributed by atoms with Crippen LogP contribution in [0.25, 0.3) is 27.8 Å². The molecule has 0 atom stereocenters. The molecule has 4 aromatic rings. The molecule has 10 heteroatoms. The average Bonchev–Trinajstić information content (AvgIpc) is 3.64. The molecule has 0 aliphatic carbocycles. The molecule has 0 radical (unpaired) electrons. The Morgan fingerprint density at radius 3 is 2.69 bits per heavy atom. The number of fused-ring (bicyclic) bond motifs is 2. The fraction of sp³-hybridized carbons (Fsp3) is 0.462. The summed E-state index contributed by atoms with van der Waals surface area (Å²) in [5, 5.41) is 11.4. The van der Waals surface area contributed by atoms with E-state index < -0.39 is 0 Å². The molecule has 3 fully saturated rings. The van der Waals surface area contributed by atoms with Crippen LogP contribution in [-0.4, -0.2) is 81.3 Å². The summed E-state index contributed by atoms with van der Waals surface area (Å²) in [6.07, 6.45) is 8.88. The van der Waals surface area contributed by atoms with Crippen LogP contribution in [0, 0.1) is 5.41 Å². The number of nitrogens with zero attached hydrogens (tertiary/aromatic N) is 6. The Hall–Kier alpha value is -3.50. The molecular formula is C26H30N8O2. The number of ether oxygens (including phenoxy) is 1. The first-order chi connectivity index (χ1) is 17.7. The highest BCUT2D eigenvalue weighted by molar-refractivity contribution is 5.93. The van der Waals surface area contributed by atoms with E-state index in [-0.39, 0.29) is 11.3 Å². The summed E-state index contributed by atoms with van der Waals surface area (Å²) in [6.45, 7) is 6.39. The van der Waals surface area contributed by atoms with Crippen molar-refractivity contribution in [1.29, 1.82) is 0 Å². The van der Waals surface area contributed by atoms with Crippen molar-refractivity contribution in [3.05, 3.63) is 42.5 Å². The summed E-state index contributed by atoms with van der Waals surface area (Å²) in [5.41, 5.74) is 4.69. The van der Waals surface area contributed by atoms with Crippen LogP contribution in [0.2, 0.25) is 0 Å². The van der Waals surface area contributed by atoms with Crippen LogP contribution in [0.5, 0.6) is 0 Å². The lowest BCUT2D eigenvalue weighted by Crippen LogP contribution is -2.43. The first kappa shape index (κ1) is 21.8. The highest BCUT2D eigenvalue weighted by atomic mass is 16.5. The molecule has 3 aliphatic heterocycles. The number of aromatic nitrogens is 5. The third-order valence-corrected chi connectivity index (χ3v) is 8.11. The van der Waals surface area contributed by atoms with E-state index in [1.54, 1.807) is 0 Å². The maximum atomic E-state index is 12.4. The molecule has 1 spiro atoms. The second-order valence-corrected chi connectivity index (χ2v) is 10.2. The molecule has 1 amide bonds. The zero-order valence-corrected chi connectivity index (χ0v) is 20.2. The van der Waals surface area contributed by atoms with E-state index in [0.717, 1.165) is 97.9 Å². The number of morpholine rings is 1. The molecule has 10 nitrogen and oxygen atoms in total. The van der Waals surface area contributed by atoms with E-state index in [1.165, 1.54) is 0 Å². The van der Waals surface area contributed by atoms with Crippen LogP contribution in [0.15, 0.2) is 36.8 Å². The lowest BCUT2D eigenvalue weighted by Gasteiger charge is -2.36. The molecule has 0 saturated carbocycles. The SMILES string of the molecule is O=C1NCCC12CCN(Cc1cn3cc(-c4cccc5[nH]ncc45)nc(N4CCOCC4)c3n1)CC2. The molecule has 2 N–H and O–H groups in total. The number of hydrogen-bond acceptors (Lipinski definition) is 7. The maximum Gasteiger partial charge on any atom is 0.226 e. The van der Waals surface area contributed by atoms with Gasteiger partial charge in [0.05, 0.1) is 41.7 Å². The Labute approximate surface area is 208 Å². The van der Waals surface area contributed by atoms with Crippen LogP contribution in [0.4, 0.5) is 5.82 Å². The smallest absolute Gasteiger partial charge is 0.226 e. The number of anilines is 1. The van der Waals surface area contributed by atoms with Gasteiger partial charge < -0.3 is 19.4 Å². The number of benzene rings is 1. The lowest BCUT2D eigenvalue weighted by atomic mass is 9.77. The Morgan fingerprint density at radius 1 is 1.03 bits per heavy atom. The van der Waals surface area contributed by atoms with Crippen LogP contribution in [0.3, 0.4) is 0 Å². The fourth-order valence-corrected chi connectivity index (χ4v) is 5.98. The molecule has 0 bridgehead atoms. The van der Waals surface area contributed by atoms with Gasteiger partial charge in [-0.3, -0.25) is 14.8 Å². The van der Waals surface area contributed by atoms with Crippen LogP contribution in [-0.2, 0) is 16.1 Å². The summed E-state index contributed by atoms with van der Waals surface area (Å²) in [5.74, 6) is 1.14. The molecule has 1 aromatic carbocycles. The summed E-state index contributed by atoms with van der Waals surface area (Å²) in [6, 6.07) is 6.15. The Morgan fingerprint density at radius 2 is 1.89 bits per heavy atom. The summed E-state index contributed by atoms with van der Waals surface area (Å²) >= 11 is 0. The largest absolute Gasteiger partial charge is 0.378 e. The quantitative estimate of drug-likeness (QED) is 0.456. The summed E-state index contributed by atoms with van der Waals surface area (Å²) < 4.78 is 7.73. The minimum Gasteiger partial charge on any atom is -0.378 e. The second-order valence-electron chi connectivity index (χ2n) is 10.2. The van der Waals surface area contributed by atoms with Gasteiger partial charge in [-0.15, -0.1) is 0 Å². The third kappa shape index (κ3) is 3.63. The van der Waals surface area contributed by atoms with Crippen molar-refractivity contribution in [3.63, 3.8) is 0 Å². The van der Waals surface area contributed by atoms with Crippen LogP contribution >= 0.6 is 0 Å². The number of hydrogen-bond donors (Lipinski definition) is 2. The highest BCUT2D eigenvalue weighted by Crippen LogP contribution is 2.38. The zero-order valence-electron chi connectivity index (χ0n) is 20.2. The van der Waals surface area contributed by atoms with Gasteiger partial charge in [-0.1, -0.05) is 12.1 Å². The molecule has 3 aromatic heterocycles. The minimum atomic E-state index is -0.147. The van der Waals surface area contributed by atoms with Crippen molar-refractivity contribution < 1.29 is 9.53 Å². The van der Waals surface area contributed by atoms with Gasteiger partial charge in [0, 0.05) is 49.5 Å². The van der Waals surface area contributed by atoms with Crippen molar-refractivity contribution in [2.45, 2.75) is 25.8 Å². The Balaban J connectivity index is 1.23. The Kier molecular flexibility index (Phi) is 5.17. The van der Waals surface area contributed by atoms with E-state index in [4.69, 9.17) is 14.7 Å². The number of piperidine rings is 1. The van der Waals surface area contributed by atoms with Gasteiger partial charge in [-0.25, -0.2) is 9.97 Å². The van der Waals surface area contributed by atoms with Crippen molar-refractivity contribution >= 4 is 28.3 Å². The number of likely N-dealkylation sites (tertiary alicyclic amines) is 1. The van der Waals surface area contributed by atoms with Gasteiger partial charge in [-0.2, -0.15) is 5.10 Å². The van der Waals surface area contributed by atoms with Crippen molar-refractivity contribution in [2.24, 2.45) is 5.41 Å². The van der Waals surface area contributed by atoms with Crippen LogP contribution < -0.4 is 10.2 Å². The molecule has 6 heterocycles. The fourth-order valence-electron chi connectivity index (χ4n) is 5.98. The monoisotopic (exact) mass is 486 g/mol. The number of amides is 1. The molecule has 0 unspecified atom stereocenters. The molecule has 186 valence electrons. The normalized spacial score (nSPS) is 20.6. The van der Waals surface area contributed by atoms with Gasteiger partial charge in [0.25, 0.3) is 0 Å². The zero-order chi connectivity index (χ0) is 24.1. The number of nitrogens with one attached hydrogen (secondary N) is 2. The number of aromatic amines is 1. The first-order valence-electron chi connectivity index (χ1n) is 12.8. The van der Waals surface area contributed by atoms with Crippen molar-refractivity contribution in [2.75, 3.05) is 50.8 Å². The molecule has 36 heavy (non-hydrogen) atoms. The standard InChI is InChI=1S/C26H30N8O2/c35-25-26(4-7-27-25)5-8-32(9-6-26)15-18-16-34-17-22(19-2-1-3-21-20(19)14-28-31-21)30-24(23(34)29-18)33-10-12-36-13-11-33/h1-3,14,16-17H,4-13,15H2,(H,27,35)(H,28,31). The van der Waals surface area contributed by atoms with E-state index in [0.29, 0.717) is 13.2 Å². The van der Waals surface area contributed by atoms with Crippen LogP contribution in [0.1, 0.15) is 25.0 Å². The van der Waals surface area contributed by atoms with Gasteiger partial charge in [-0.05, 0) is 38.4 Å². The predicted molar refractivity (Wildman–Crippen MR) is 136 cm³/mol. The number of rotatable bonds is 4. The number of H-pyrrole nitrogens is 1. The van der Waals surface area contributed by atoms with E-state index in [2.05, 4.69) is 48.2 Å². The maximum absolute atomic E-state index is 12.4. The van der Waals surface area contributed by atoms with Crippen molar-refractivity contribution in [3.8, 4) is 11.3 Å². The first-order valence-corrected chi connectivity index (χ1v) is 12.8. The van der Waals surface area contributed by atoms with E-state index in [1.807, 2.05) is 18.3 Å². The average molecular weight is 487 g/mol. The molecule has 3 aliphatic rings. The van der Waals surface area contributed by atoms with Gasteiger partial charge in [0.1, 0.15) is 0 Å². The van der Waals surface area contributed by atoms with Crippen molar-refractivity contribution in [1.82, 2.24) is 34.8 Å². The molecule has 3 saturated heterocycles.